The molecule has 3 rings (SSSR count). The molecule has 2 aliphatic heterocycles. The number of alkyl halides is 6. The summed E-state index contributed by atoms with van der Waals surface area (Å²) >= 11 is 0. The Bertz CT molecular complexity index is 952. The van der Waals surface area contributed by atoms with Crippen LogP contribution in [0.5, 0.6) is 0 Å². The Kier molecular flexibility index (Phi) is 12.6. The number of hydrogen-bond acceptors (Lipinski definition) is 7. The smallest absolute Gasteiger partial charge is 0.475 e. The van der Waals surface area contributed by atoms with Gasteiger partial charge in [-0.2, -0.15) is 26.3 Å². The molecular formula is C23H31F6N3O7. The normalized spacial score (nSPS) is 21.8. The number of pyridine rings is 1. The summed E-state index contributed by atoms with van der Waals surface area (Å²) in [5.41, 5.74) is 1.38. The number of carboxylic acid groups (broad SMARTS) is 2. The molecule has 0 aromatic carbocycles. The quantitative estimate of drug-likeness (QED) is 0.521. The van der Waals surface area contributed by atoms with E-state index in [9.17, 15) is 31.1 Å². The molecule has 2 aliphatic rings. The molecule has 222 valence electrons. The Morgan fingerprint density at radius 1 is 1.10 bits per heavy atom. The summed E-state index contributed by atoms with van der Waals surface area (Å²) < 4.78 is 74.6. The van der Waals surface area contributed by atoms with Crippen LogP contribution in [0.1, 0.15) is 23.1 Å². The standard InChI is InChI=1S/C19H29N3O3.2C2HF3O2/c1-15-11-21(7-9-24-3)12-19(15)13-22(8-10-25-14-19)18(23)17-6-4-5-16(2)20-17;2*3-2(4,5)1(6)7/h4-6,15H,7-14H2,1-3H3;2*(H,6,7)/t15-,19+;;/m1../s1. The molecule has 3 heterocycles. The van der Waals surface area contributed by atoms with E-state index in [1.807, 2.05) is 24.0 Å². The summed E-state index contributed by atoms with van der Waals surface area (Å²) in [6.07, 6.45) is -10.2. The lowest BCUT2D eigenvalue weighted by Gasteiger charge is -2.35. The summed E-state index contributed by atoms with van der Waals surface area (Å²) in [5, 5.41) is 14.2. The number of amides is 1. The maximum absolute atomic E-state index is 13.0. The summed E-state index contributed by atoms with van der Waals surface area (Å²) in [7, 11) is 1.74. The van der Waals surface area contributed by atoms with Crippen molar-refractivity contribution in [2.24, 2.45) is 11.3 Å². The van der Waals surface area contributed by atoms with Crippen molar-refractivity contribution in [2.45, 2.75) is 26.2 Å². The summed E-state index contributed by atoms with van der Waals surface area (Å²) in [5.74, 6) is -5.03. The fraction of sp³-hybridized carbons (Fsp3) is 0.652. The minimum atomic E-state index is -5.08. The predicted octanol–water partition coefficient (Wildman–Crippen LogP) is 2.71. The van der Waals surface area contributed by atoms with Crippen LogP contribution in [-0.4, -0.2) is 115 Å². The van der Waals surface area contributed by atoms with Crippen molar-refractivity contribution in [3.05, 3.63) is 29.6 Å². The van der Waals surface area contributed by atoms with Crippen LogP contribution in [0.25, 0.3) is 0 Å². The molecule has 2 N–H and O–H groups in total. The van der Waals surface area contributed by atoms with Crippen molar-refractivity contribution >= 4 is 17.8 Å². The van der Waals surface area contributed by atoms with Gasteiger partial charge in [0, 0.05) is 50.9 Å². The second-order valence-corrected chi connectivity index (χ2v) is 9.04. The van der Waals surface area contributed by atoms with Gasteiger partial charge in [-0.15, -0.1) is 0 Å². The van der Waals surface area contributed by atoms with Crippen LogP contribution >= 0.6 is 0 Å². The van der Waals surface area contributed by atoms with E-state index in [4.69, 9.17) is 29.3 Å². The van der Waals surface area contributed by atoms with Gasteiger partial charge in [-0.25, -0.2) is 14.6 Å². The van der Waals surface area contributed by atoms with Gasteiger partial charge in [0.15, 0.2) is 0 Å². The Labute approximate surface area is 220 Å². The van der Waals surface area contributed by atoms with Gasteiger partial charge in [0.2, 0.25) is 0 Å². The van der Waals surface area contributed by atoms with Crippen molar-refractivity contribution in [1.82, 2.24) is 14.8 Å². The number of carbonyl (C=O) groups is 3. The zero-order valence-electron chi connectivity index (χ0n) is 21.5. The van der Waals surface area contributed by atoms with Crippen LogP contribution in [0.4, 0.5) is 26.3 Å². The van der Waals surface area contributed by atoms with Crippen LogP contribution in [0.2, 0.25) is 0 Å². The largest absolute Gasteiger partial charge is 0.490 e. The Balaban J connectivity index is 0.000000449. The molecule has 0 bridgehead atoms. The topological polar surface area (TPSA) is 130 Å². The average Bonchev–Trinajstić information content (AvgIpc) is 2.98. The van der Waals surface area contributed by atoms with Crippen LogP contribution in [0.3, 0.4) is 0 Å². The Morgan fingerprint density at radius 3 is 2.15 bits per heavy atom. The van der Waals surface area contributed by atoms with Gasteiger partial charge < -0.3 is 29.5 Å². The molecule has 2 fully saturated rings. The highest BCUT2D eigenvalue weighted by Crippen LogP contribution is 2.38. The SMILES string of the molecule is COCCN1C[C@@H](C)[C@@]2(COCCN(C(=O)c3cccc(C)n3)C2)C1.O=C(O)C(F)(F)F.O=C(O)C(F)(F)F. The van der Waals surface area contributed by atoms with E-state index in [0.29, 0.717) is 31.4 Å². The lowest BCUT2D eigenvalue weighted by molar-refractivity contribution is -0.193. The highest BCUT2D eigenvalue weighted by atomic mass is 19.4. The first kappa shape index (κ1) is 34.0. The molecule has 2 saturated heterocycles. The lowest BCUT2D eigenvalue weighted by Crippen LogP contribution is -2.46. The van der Waals surface area contributed by atoms with Gasteiger partial charge in [-0.05, 0) is 25.0 Å². The average molecular weight is 576 g/mol. The molecule has 1 aromatic rings. The first-order chi connectivity index (χ1) is 17.9. The molecule has 0 unspecified atom stereocenters. The number of halogens is 6. The molecule has 1 spiro atoms. The molecule has 1 aromatic heterocycles. The first-order valence-electron chi connectivity index (χ1n) is 11.5. The fourth-order valence-corrected chi connectivity index (χ4v) is 3.98. The number of hydrogen-bond donors (Lipinski definition) is 2. The number of carboxylic acids is 2. The van der Waals surface area contributed by atoms with Gasteiger partial charge >= 0.3 is 24.3 Å². The van der Waals surface area contributed by atoms with Crippen LogP contribution < -0.4 is 0 Å². The number of ether oxygens (including phenoxy) is 2. The van der Waals surface area contributed by atoms with E-state index >= 15 is 0 Å². The van der Waals surface area contributed by atoms with E-state index in [2.05, 4.69) is 16.8 Å². The highest BCUT2D eigenvalue weighted by Gasteiger charge is 2.47. The van der Waals surface area contributed by atoms with E-state index < -0.39 is 24.3 Å². The zero-order valence-corrected chi connectivity index (χ0v) is 21.5. The fourth-order valence-electron chi connectivity index (χ4n) is 3.98. The van der Waals surface area contributed by atoms with Crippen LogP contribution in [0, 0.1) is 18.3 Å². The van der Waals surface area contributed by atoms with E-state index in [0.717, 1.165) is 38.5 Å². The van der Waals surface area contributed by atoms with Crippen molar-refractivity contribution in [3.63, 3.8) is 0 Å². The van der Waals surface area contributed by atoms with Gasteiger partial charge in [0.05, 0.1) is 19.8 Å². The van der Waals surface area contributed by atoms with Gasteiger partial charge in [-0.3, -0.25) is 4.79 Å². The molecule has 16 heteroatoms. The molecule has 1 amide bonds. The van der Waals surface area contributed by atoms with Gasteiger partial charge in [-0.1, -0.05) is 13.0 Å². The number of aromatic nitrogens is 1. The second kappa shape index (κ2) is 14.4. The number of aryl methyl sites for hydroxylation is 1. The second-order valence-electron chi connectivity index (χ2n) is 9.04. The molecule has 10 nitrogen and oxygen atoms in total. The molecule has 39 heavy (non-hydrogen) atoms. The van der Waals surface area contributed by atoms with E-state index in [1.54, 1.807) is 13.2 Å². The number of rotatable bonds is 4. The third kappa shape index (κ3) is 11.0. The Morgan fingerprint density at radius 2 is 1.67 bits per heavy atom. The maximum Gasteiger partial charge on any atom is 0.490 e. The first-order valence-corrected chi connectivity index (χ1v) is 11.5. The molecule has 0 aliphatic carbocycles. The van der Waals surface area contributed by atoms with Gasteiger partial charge in [0.25, 0.3) is 5.91 Å². The minimum Gasteiger partial charge on any atom is -0.475 e. The number of methoxy groups -OCH3 is 1. The number of aliphatic carboxylic acids is 2. The van der Waals surface area contributed by atoms with Gasteiger partial charge in [0.1, 0.15) is 5.69 Å². The third-order valence-electron chi connectivity index (χ3n) is 6.01. The monoisotopic (exact) mass is 575 g/mol. The van der Waals surface area contributed by atoms with E-state index in [-0.39, 0.29) is 11.3 Å². The number of carbonyl (C=O) groups excluding carboxylic acids is 1. The van der Waals surface area contributed by atoms with Crippen molar-refractivity contribution in [2.75, 3.05) is 59.7 Å². The molecular weight excluding hydrogens is 544 g/mol. The van der Waals surface area contributed by atoms with Crippen LogP contribution in [-0.2, 0) is 19.1 Å². The number of nitrogens with zero attached hydrogens (tertiary/aromatic N) is 3. The minimum absolute atomic E-state index is 0.0102. The summed E-state index contributed by atoms with van der Waals surface area (Å²) in [6.45, 7) is 10.5. The predicted molar refractivity (Wildman–Crippen MR) is 123 cm³/mol. The van der Waals surface area contributed by atoms with Crippen LogP contribution in [0.15, 0.2) is 18.2 Å². The highest BCUT2D eigenvalue weighted by molar-refractivity contribution is 5.92. The maximum atomic E-state index is 13.0. The molecule has 0 saturated carbocycles. The van der Waals surface area contributed by atoms with Crippen molar-refractivity contribution in [3.8, 4) is 0 Å². The van der Waals surface area contributed by atoms with Crippen molar-refractivity contribution < 1.29 is 60.4 Å². The summed E-state index contributed by atoms with van der Waals surface area (Å²) in [4.78, 5) is 39.5. The molecule has 2 atom stereocenters. The third-order valence-corrected chi connectivity index (χ3v) is 6.01. The Hall–Kier alpha value is -2.98. The zero-order chi connectivity index (χ0) is 30.0. The lowest BCUT2D eigenvalue weighted by atomic mass is 9.79. The van der Waals surface area contributed by atoms with Crippen molar-refractivity contribution in [1.29, 1.82) is 0 Å². The summed E-state index contributed by atoms with van der Waals surface area (Å²) in [6, 6.07) is 5.61. The number of likely N-dealkylation sites (tertiary alicyclic amines) is 1. The van der Waals surface area contributed by atoms with E-state index in [1.165, 1.54) is 0 Å². The molecule has 0 radical (unpaired) electrons.